The number of rotatable bonds is 5. The molecule has 1 unspecified atom stereocenters. The number of aliphatic hydroxyl groups excluding tert-OH is 1. The van der Waals surface area contributed by atoms with E-state index < -0.39 is 6.10 Å². The van der Waals surface area contributed by atoms with Crippen LogP contribution in [0.25, 0.3) is 0 Å². The van der Waals surface area contributed by atoms with Gasteiger partial charge in [0.1, 0.15) is 5.82 Å². The van der Waals surface area contributed by atoms with Gasteiger partial charge in [0.25, 0.3) is 0 Å². The first-order chi connectivity index (χ1) is 9.63. The molecule has 0 spiro atoms. The van der Waals surface area contributed by atoms with Crippen LogP contribution in [0.2, 0.25) is 0 Å². The Labute approximate surface area is 120 Å². The predicted octanol–water partition coefficient (Wildman–Crippen LogP) is 4.23. The summed E-state index contributed by atoms with van der Waals surface area (Å²) in [6.07, 6.45) is 1.84. The third-order valence-electron chi connectivity index (χ3n) is 3.70. The summed E-state index contributed by atoms with van der Waals surface area (Å²) in [5.74, 6) is -0.245. The normalized spacial score (nSPS) is 12.4. The highest BCUT2D eigenvalue weighted by Gasteiger charge is 2.13. The van der Waals surface area contributed by atoms with E-state index in [9.17, 15) is 9.50 Å². The van der Waals surface area contributed by atoms with Crippen molar-refractivity contribution in [2.45, 2.75) is 39.2 Å². The van der Waals surface area contributed by atoms with Crippen LogP contribution in [0.1, 0.15) is 42.2 Å². The van der Waals surface area contributed by atoms with Gasteiger partial charge in [0, 0.05) is 6.42 Å². The van der Waals surface area contributed by atoms with E-state index in [1.54, 1.807) is 12.1 Å². The van der Waals surface area contributed by atoms with Crippen LogP contribution in [0.3, 0.4) is 0 Å². The lowest BCUT2D eigenvalue weighted by Crippen LogP contribution is -2.06. The molecule has 2 rings (SSSR count). The third kappa shape index (κ3) is 3.45. The second-order valence-corrected chi connectivity index (χ2v) is 5.09. The molecule has 0 fully saturated rings. The summed E-state index contributed by atoms with van der Waals surface area (Å²) in [6.45, 7) is 4.20. The Hall–Kier alpha value is -1.67. The molecule has 0 aliphatic carbocycles. The van der Waals surface area contributed by atoms with Gasteiger partial charge in [0.05, 0.1) is 6.10 Å². The highest BCUT2D eigenvalue weighted by Crippen LogP contribution is 2.24. The van der Waals surface area contributed by atoms with Crippen molar-refractivity contribution in [1.29, 1.82) is 0 Å². The van der Waals surface area contributed by atoms with E-state index in [0.29, 0.717) is 6.42 Å². The fourth-order valence-corrected chi connectivity index (χ4v) is 2.45. The summed E-state index contributed by atoms with van der Waals surface area (Å²) in [6, 6.07) is 12.6. The Kier molecular flexibility index (Phi) is 4.91. The molecule has 106 valence electrons. The van der Waals surface area contributed by atoms with Crippen LogP contribution in [-0.2, 0) is 19.3 Å². The Balaban J connectivity index is 2.23. The fourth-order valence-electron chi connectivity index (χ4n) is 2.45. The van der Waals surface area contributed by atoms with Crippen LogP contribution in [0.4, 0.5) is 4.39 Å². The maximum Gasteiger partial charge on any atom is 0.123 e. The molecule has 1 nitrogen and oxygen atoms in total. The lowest BCUT2D eigenvalue weighted by molar-refractivity contribution is 0.177. The molecule has 2 heteroatoms. The number of hydrogen-bond acceptors (Lipinski definition) is 1. The minimum atomic E-state index is -0.540. The van der Waals surface area contributed by atoms with Gasteiger partial charge in [-0.1, -0.05) is 44.2 Å². The molecule has 20 heavy (non-hydrogen) atoms. The SMILES string of the molecule is CCc1ccc(CC)c(C(O)Cc2ccc(F)cc2)c1. The van der Waals surface area contributed by atoms with E-state index in [0.717, 1.165) is 24.0 Å². The smallest absolute Gasteiger partial charge is 0.123 e. The van der Waals surface area contributed by atoms with Gasteiger partial charge in [-0.25, -0.2) is 4.39 Å². The highest BCUT2D eigenvalue weighted by atomic mass is 19.1. The molecule has 2 aromatic carbocycles. The van der Waals surface area contributed by atoms with Crippen LogP contribution in [0.15, 0.2) is 42.5 Å². The Morgan fingerprint density at radius 2 is 1.60 bits per heavy atom. The Bertz CT molecular complexity index is 560. The Morgan fingerprint density at radius 1 is 0.950 bits per heavy atom. The Morgan fingerprint density at radius 3 is 2.20 bits per heavy atom. The molecule has 0 bridgehead atoms. The minimum Gasteiger partial charge on any atom is -0.388 e. The van der Waals surface area contributed by atoms with E-state index in [1.807, 2.05) is 0 Å². The quantitative estimate of drug-likeness (QED) is 0.863. The van der Waals surface area contributed by atoms with Gasteiger partial charge in [-0.05, 0) is 47.2 Å². The summed E-state index contributed by atoms with van der Waals surface area (Å²) < 4.78 is 12.9. The zero-order chi connectivity index (χ0) is 14.5. The monoisotopic (exact) mass is 272 g/mol. The first-order valence-electron chi connectivity index (χ1n) is 7.18. The van der Waals surface area contributed by atoms with E-state index >= 15 is 0 Å². The summed E-state index contributed by atoms with van der Waals surface area (Å²) >= 11 is 0. The van der Waals surface area contributed by atoms with Crippen molar-refractivity contribution in [3.63, 3.8) is 0 Å². The summed E-state index contributed by atoms with van der Waals surface area (Å²) in [5, 5.41) is 10.5. The zero-order valence-corrected chi connectivity index (χ0v) is 12.1. The van der Waals surface area contributed by atoms with Crippen molar-refractivity contribution in [3.05, 3.63) is 70.5 Å². The molecule has 0 aromatic heterocycles. The molecule has 1 N–H and O–H groups in total. The van der Waals surface area contributed by atoms with E-state index in [-0.39, 0.29) is 5.82 Å². The predicted molar refractivity (Wildman–Crippen MR) is 80.3 cm³/mol. The van der Waals surface area contributed by atoms with E-state index in [1.165, 1.54) is 23.3 Å². The summed E-state index contributed by atoms with van der Waals surface area (Å²) in [7, 11) is 0. The molecule has 0 aliphatic rings. The van der Waals surface area contributed by atoms with E-state index in [2.05, 4.69) is 32.0 Å². The van der Waals surface area contributed by atoms with Gasteiger partial charge in [0.15, 0.2) is 0 Å². The van der Waals surface area contributed by atoms with Gasteiger partial charge in [-0.15, -0.1) is 0 Å². The first kappa shape index (κ1) is 14.7. The number of hydrogen-bond donors (Lipinski definition) is 1. The number of aryl methyl sites for hydroxylation is 2. The van der Waals surface area contributed by atoms with Crippen molar-refractivity contribution < 1.29 is 9.50 Å². The van der Waals surface area contributed by atoms with Crippen LogP contribution >= 0.6 is 0 Å². The largest absolute Gasteiger partial charge is 0.388 e. The van der Waals surface area contributed by atoms with Gasteiger partial charge in [0.2, 0.25) is 0 Å². The van der Waals surface area contributed by atoms with Gasteiger partial charge < -0.3 is 5.11 Å². The minimum absolute atomic E-state index is 0.245. The first-order valence-corrected chi connectivity index (χ1v) is 7.18. The lowest BCUT2D eigenvalue weighted by Gasteiger charge is -2.16. The van der Waals surface area contributed by atoms with Crippen molar-refractivity contribution in [2.75, 3.05) is 0 Å². The molecular weight excluding hydrogens is 251 g/mol. The summed E-state index contributed by atoms with van der Waals surface area (Å²) in [5.41, 5.74) is 4.35. The van der Waals surface area contributed by atoms with Crippen LogP contribution in [0, 0.1) is 5.82 Å². The number of aliphatic hydroxyl groups is 1. The molecular formula is C18H21FO. The van der Waals surface area contributed by atoms with Crippen LogP contribution in [0.5, 0.6) is 0 Å². The second-order valence-electron chi connectivity index (χ2n) is 5.09. The molecule has 0 radical (unpaired) electrons. The van der Waals surface area contributed by atoms with Gasteiger partial charge in [-0.3, -0.25) is 0 Å². The second kappa shape index (κ2) is 6.67. The molecule has 0 heterocycles. The molecule has 0 saturated carbocycles. The average Bonchev–Trinajstić information content (AvgIpc) is 2.48. The number of benzene rings is 2. The van der Waals surface area contributed by atoms with Crippen molar-refractivity contribution in [3.8, 4) is 0 Å². The zero-order valence-electron chi connectivity index (χ0n) is 12.1. The van der Waals surface area contributed by atoms with Crippen molar-refractivity contribution >= 4 is 0 Å². The maximum atomic E-state index is 12.9. The maximum absolute atomic E-state index is 12.9. The molecule has 1 atom stereocenters. The molecule has 0 aliphatic heterocycles. The van der Waals surface area contributed by atoms with Crippen LogP contribution in [-0.4, -0.2) is 5.11 Å². The standard InChI is InChI=1S/C18H21FO/c1-3-13-5-8-15(4-2)17(11-13)18(20)12-14-6-9-16(19)10-7-14/h5-11,18,20H,3-4,12H2,1-2H3. The van der Waals surface area contributed by atoms with Gasteiger partial charge in [-0.2, -0.15) is 0 Å². The number of halogens is 1. The van der Waals surface area contributed by atoms with Crippen molar-refractivity contribution in [2.24, 2.45) is 0 Å². The van der Waals surface area contributed by atoms with Gasteiger partial charge >= 0.3 is 0 Å². The third-order valence-corrected chi connectivity index (χ3v) is 3.70. The van der Waals surface area contributed by atoms with Crippen molar-refractivity contribution in [1.82, 2.24) is 0 Å². The average molecular weight is 272 g/mol. The topological polar surface area (TPSA) is 20.2 Å². The van der Waals surface area contributed by atoms with E-state index in [4.69, 9.17) is 0 Å². The lowest BCUT2D eigenvalue weighted by atomic mass is 9.93. The highest BCUT2D eigenvalue weighted by molar-refractivity contribution is 5.35. The fraction of sp³-hybridized carbons (Fsp3) is 0.333. The molecule has 0 amide bonds. The summed E-state index contributed by atoms with van der Waals surface area (Å²) in [4.78, 5) is 0. The molecule has 0 saturated heterocycles. The molecule has 2 aromatic rings. The van der Waals surface area contributed by atoms with Crippen LogP contribution < -0.4 is 0 Å².